The van der Waals surface area contributed by atoms with Crippen LogP contribution in [0.2, 0.25) is 0 Å². The molecule has 0 aromatic rings. The zero-order chi connectivity index (χ0) is 15.5. The van der Waals surface area contributed by atoms with Crippen molar-refractivity contribution in [2.45, 2.75) is 25.7 Å². The zero-order valence-electron chi connectivity index (χ0n) is 12.1. The van der Waals surface area contributed by atoms with E-state index in [4.69, 9.17) is 0 Å². The molecule has 22 heavy (non-hydrogen) atoms. The Morgan fingerprint density at radius 2 is 1.09 bits per heavy atom. The Labute approximate surface area is 129 Å². The smallest absolute Gasteiger partial charge is 0.182 e. The predicted octanol–water partition coefficient (Wildman–Crippen LogP) is 2.99. The molecule has 2 bridgehead atoms. The Kier molecular flexibility index (Phi) is 2.39. The van der Waals surface area contributed by atoms with Crippen molar-refractivity contribution in [3.8, 4) is 24.3 Å². The molecule has 0 aromatic carbocycles. The second kappa shape index (κ2) is 4.00. The summed E-state index contributed by atoms with van der Waals surface area (Å²) in [5, 5.41) is 39.0. The fourth-order valence-electron chi connectivity index (χ4n) is 5.46. The Bertz CT molecular complexity index is 695. The first-order chi connectivity index (χ1) is 10.7. The molecule has 5 aliphatic rings. The molecule has 1 saturated carbocycles. The van der Waals surface area contributed by atoms with E-state index in [2.05, 4.69) is 24.3 Å². The molecule has 0 aromatic heterocycles. The predicted molar refractivity (Wildman–Crippen MR) is 75.9 cm³/mol. The number of nitrogens with zero attached hydrogens (tertiary/aromatic N) is 4. The molecule has 5 aliphatic carbocycles. The number of allylic oxidation sites excluding steroid dienone is 4. The van der Waals surface area contributed by atoms with Gasteiger partial charge in [-0.15, -0.1) is 0 Å². The summed E-state index contributed by atoms with van der Waals surface area (Å²) in [4.78, 5) is 0. The lowest BCUT2D eigenvalue weighted by molar-refractivity contribution is -0.0125. The van der Waals surface area contributed by atoms with Crippen molar-refractivity contribution in [1.29, 1.82) is 21.0 Å². The Morgan fingerprint density at radius 1 is 0.727 bits per heavy atom. The standard InChI is InChI=1S/C18H14N4/c19-7-17(8-20)13-5-6-14(18(17,9-21)10-22)16-12-4-2-1-3-11(12)15(13)16/h5-6,13-16H,1-4H2/t13-,14-,15-,16+/m0/s1. The maximum absolute atomic E-state index is 9.76. The number of fused-ring (bicyclic) bond motifs is 1. The van der Waals surface area contributed by atoms with Crippen LogP contribution in [0, 0.1) is 79.8 Å². The molecular formula is C18H14N4. The van der Waals surface area contributed by atoms with E-state index in [-0.39, 0.29) is 23.7 Å². The fraction of sp³-hybridized carbons (Fsp3) is 0.556. The third-order valence-corrected chi connectivity index (χ3v) is 6.37. The van der Waals surface area contributed by atoms with Crippen molar-refractivity contribution >= 4 is 0 Å². The van der Waals surface area contributed by atoms with E-state index in [0.29, 0.717) is 0 Å². The minimum absolute atomic E-state index is 0.194. The minimum Gasteiger partial charge on any atom is -0.196 e. The van der Waals surface area contributed by atoms with Crippen LogP contribution < -0.4 is 0 Å². The summed E-state index contributed by atoms with van der Waals surface area (Å²) in [6, 6.07) is 8.37. The highest BCUT2D eigenvalue weighted by Gasteiger charge is 2.74. The third-order valence-electron chi connectivity index (χ3n) is 6.37. The van der Waals surface area contributed by atoms with Crippen LogP contribution in [0.15, 0.2) is 23.3 Å². The average molecular weight is 286 g/mol. The van der Waals surface area contributed by atoms with Gasteiger partial charge < -0.3 is 0 Å². The quantitative estimate of drug-likeness (QED) is 0.639. The summed E-state index contributed by atoms with van der Waals surface area (Å²) in [6.07, 6.45) is 8.29. The van der Waals surface area contributed by atoms with Gasteiger partial charge in [0.05, 0.1) is 24.3 Å². The Morgan fingerprint density at radius 3 is 1.41 bits per heavy atom. The molecule has 0 aliphatic heterocycles. The van der Waals surface area contributed by atoms with Gasteiger partial charge in [-0.05, 0) is 37.5 Å². The average Bonchev–Trinajstić information content (AvgIpc) is 2.57. The maximum atomic E-state index is 9.76. The van der Waals surface area contributed by atoms with Crippen LogP contribution in [0.25, 0.3) is 0 Å². The van der Waals surface area contributed by atoms with E-state index < -0.39 is 10.8 Å². The normalized spacial score (nSPS) is 38.4. The largest absolute Gasteiger partial charge is 0.196 e. The summed E-state index contributed by atoms with van der Waals surface area (Å²) in [6.45, 7) is 0. The van der Waals surface area contributed by atoms with Gasteiger partial charge in [-0.3, -0.25) is 0 Å². The van der Waals surface area contributed by atoms with Crippen molar-refractivity contribution in [2.24, 2.45) is 34.5 Å². The summed E-state index contributed by atoms with van der Waals surface area (Å²) in [5.74, 6) is -0.263. The molecular weight excluding hydrogens is 272 g/mol. The van der Waals surface area contributed by atoms with E-state index in [1.54, 1.807) is 0 Å². The highest BCUT2D eigenvalue weighted by molar-refractivity contribution is 5.53. The van der Waals surface area contributed by atoms with Crippen LogP contribution in [0.4, 0.5) is 0 Å². The van der Waals surface area contributed by atoms with Crippen molar-refractivity contribution in [3.63, 3.8) is 0 Å². The Hall–Kier alpha value is -2.56. The fourth-order valence-corrected chi connectivity index (χ4v) is 5.46. The van der Waals surface area contributed by atoms with E-state index in [1.807, 2.05) is 12.2 Å². The number of hydrogen-bond donors (Lipinski definition) is 0. The summed E-state index contributed by atoms with van der Waals surface area (Å²) >= 11 is 0. The summed E-state index contributed by atoms with van der Waals surface area (Å²) in [7, 11) is 0. The maximum Gasteiger partial charge on any atom is 0.182 e. The van der Waals surface area contributed by atoms with Crippen LogP contribution in [-0.4, -0.2) is 0 Å². The van der Waals surface area contributed by atoms with Gasteiger partial charge in [0.15, 0.2) is 10.8 Å². The van der Waals surface area contributed by atoms with Crippen LogP contribution >= 0.6 is 0 Å². The van der Waals surface area contributed by atoms with Crippen LogP contribution in [0.3, 0.4) is 0 Å². The van der Waals surface area contributed by atoms with E-state index in [0.717, 1.165) is 25.7 Å². The molecule has 0 radical (unpaired) electrons. The second-order valence-corrected chi connectivity index (χ2v) is 6.81. The molecule has 0 heterocycles. The molecule has 4 heteroatoms. The second-order valence-electron chi connectivity index (χ2n) is 6.81. The van der Waals surface area contributed by atoms with E-state index in [9.17, 15) is 21.0 Å². The third kappa shape index (κ3) is 1.07. The van der Waals surface area contributed by atoms with Gasteiger partial charge in [-0.25, -0.2) is 0 Å². The SMILES string of the molecule is N#CC1(C#N)[C@H]2C=C[C@@H]([C@H]3C4=C(CCCC4)[C@H]32)C1(C#N)C#N. The van der Waals surface area contributed by atoms with Gasteiger partial charge in [0.1, 0.15) is 0 Å². The van der Waals surface area contributed by atoms with Crippen LogP contribution in [0.5, 0.6) is 0 Å². The van der Waals surface area contributed by atoms with E-state index in [1.165, 1.54) is 11.1 Å². The molecule has 4 atom stereocenters. The lowest BCUT2D eigenvalue weighted by Crippen LogP contribution is -2.64. The zero-order valence-corrected chi connectivity index (χ0v) is 12.1. The lowest BCUT2D eigenvalue weighted by atomic mass is 9.35. The molecule has 0 amide bonds. The van der Waals surface area contributed by atoms with E-state index >= 15 is 0 Å². The Balaban J connectivity index is 1.97. The first-order valence-electron chi connectivity index (χ1n) is 7.76. The first-order valence-corrected chi connectivity index (χ1v) is 7.76. The van der Waals surface area contributed by atoms with Crippen LogP contribution in [0.1, 0.15) is 25.7 Å². The van der Waals surface area contributed by atoms with Gasteiger partial charge in [0.2, 0.25) is 0 Å². The van der Waals surface area contributed by atoms with Crippen molar-refractivity contribution in [1.82, 2.24) is 0 Å². The van der Waals surface area contributed by atoms with Gasteiger partial charge in [0.25, 0.3) is 0 Å². The van der Waals surface area contributed by atoms with Crippen LogP contribution in [-0.2, 0) is 0 Å². The molecule has 4 nitrogen and oxygen atoms in total. The first kappa shape index (κ1) is 13.1. The van der Waals surface area contributed by atoms with Gasteiger partial charge in [0, 0.05) is 11.8 Å². The highest BCUT2D eigenvalue weighted by atomic mass is 14.7. The number of nitriles is 4. The van der Waals surface area contributed by atoms with Gasteiger partial charge in [-0.1, -0.05) is 23.3 Å². The minimum atomic E-state index is -1.55. The highest BCUT2D eigenvalue weighted by Crippen LogP contribution is 2.71. The van der Waals surface area contributed by atoms with Crippen molar-refractivity contribution < 1.29 is 0 Å². The topological polar surface area (TPSA) is 95.2 Å². The van der Waals surface area contributed by atoms with Gasteiger partial charge in [-0.2, -0.15) is 21.0 Å². The lowest BCUT2D eigenvalue weighted by Gasteiger charge is -2.63. The molecule has 1 fully saturated rings. The molecule has 0 spiro atoms. The molecule has 0 unspecified atom stereocenters. The van der Waals surface area contributed by atoms with Gasteiger partial charge >= 0.3 is 0 Å². The summed E-state index contributed by atoms with van der Waals surface area (Å²) in [5.41, 5.74) is -0.273. The number of hydrogen-bond acceptors (Lipinski definition) is 4. The van der Waals surface area contributed by atoms with Crippen molar-refractivity contribution in [3.05, 3.63) is 23.3 Å². The molecule has 106 valence electrons. The molecule has 0 N–H and O–H groups in total. The molecule has 5 rings (SSSR count). The molecule has 0 saturated heterocycles. The monoisotopic (exact) mass is 286 g/mol. The number of rotatable bonds is 0. The van der Waals surface area contributed by atoms with Crippen molar-refractivity contribution in [2.75, 3.05) is 0 Å². The summed E-state index contributed by atoms with van der Waals surface area (Å²) < 4.78 is 0.